The summed E-state index contributed by atoms with van der Waals surface area (Å²) in [6.07, 6.45) is 1.70. The predicted molar refractivity (Wildman–Crippen MR) is 105 cm³/mol. The molecule has 0 bridgehead atoms. The molecule has 1 amide bonds. The quantitative estimate of drug-likeness (QED) is 0.551. The van der Waals surface area contributed by atoms with Crippen LogP contribution >= 0.6 is 0 Å². The number of para-hydroxylation sites is 1. The standard InChI is InChI=1S/C19H17N5O4S/c25-19(14-12-20-15-5-2-1-4-13(14)15)23-8-10-24(11-9-23)29(26,27)17-7-3-6-16-18(17)22-28-21-16/h1-7,12,20H,8-11H2. The molecule has 29 heavy (non-hydrogen) atoms. The van der Waals surface area contributed by atoms with E-state index in [9.17, 15) is 13.2 Å². The molecule has 2 aromatic heterocycles. The summed E-state index contributed by atoms with van der Waals surface area (Å²) in [6.45, 7) is 1.03. The van der Waals surface area contributed by atoms with Crippen LogP contribution in [0.25, 0.3) is 21.9 Å². The molecule has 10 heteroatoms. The van der Waals surface area contributed by atoms with Gasteiger partial charge in [0.1, 0.15) is 10.4 Å². The number of fused-ring (bicyclic) bond motifs is 2. The van der Waals surface area contributed by atoms with E-state index >= 15 is 0 Å². The van der Waals surface area contributed by atoms with Crippen molar-refractivity contribution < 1.29 is 17.8 Å². The lowest BCUT2D eigenvalue weighted by molar-refractivity contribution is 0.0700. The monoisotopic (exact) mass is 411 g/mol. The number of carbonyl (C=O) groups is 1. The van der Waals surface area contributed by atoms with Crippen LogP contribution < -0.4 is 0 Å². The molecule has 0 radical (unpaired) electrons. The maximum Gasteiger partial charge on any atom is 0.256 e. The number of hydrogen-bond acceptors (Lipinski definition) is 6. The van der Waals surface area contributed by atoms with Crippen LogP contribution in [-0.4, -0.2) is 65.0 Å². The molecule has 1 aliphatic heterocycles. The Morgan fingerprint density at radius 2 is 1.79 bits per heavy atom. The normalized spacial score (nSPS) is 15.9. The van der Waals surface area contributed by atoms with Crippen molar-refractivity contribution in [1.29, 1.82) is 0 Å². The van der Waals surface area contributed by atoms with Crippen molar-refractivity contribution in [2.45, 2.75) is 4.90 Å². The summed E-state index contributed by atoms with van der Waals surface area (Å²) in [7, 11) is -3.77. The molecule has 148 valence electrons. The minimum absolute atomic E-state index is 0.0626. The number of nitrogens with one attached hydrogen (secondary N) is 1. The Kier molecular flexibility index (Phi) is 4.10. The molecular formula is C19H17N5O4S. The summed E-state index contributed by atoms with van der Waals surface area (Å²) in [6, 6.07) is 12.3. The summed E-state index contributed by atoms with van der Waals surface area (Å²) in [4.78, 5) is 17.8. The van der Waals surface area contributed by atoms with Gasteiger partial charge in [-0.2, -0.15) is 4.31 Å². The van der Waals surface area contributed by atoms with Gasteiger partial charge < -0.3 is 9.88 Å². The fraction of sp³-hybridized carbons (Fsp3) is 0.211. The zero-order valence-electron chi connectivity index (χ0n) is 15.3. The number of hydrogen-bond donors (Lipinski definition) is 1. The second-order valence-corrected chi connectivity index (χ2v) is 8.74. The molecular weight excluding hydrogens is 394 g/mol. The second kappa shape index (κ2) is 6.68. The van der Waals surface area contributed by atoms with Crippen LogP contribution in [0.15, 0.2) is 58.2 Å². The molecule has 0 spiro atoms. The number of piperazine rings is 1. The van der Waals surface area contributed by atoms with E-state index in [1.54, 1.807) is 23.2 Å². The summed E-state index contributed by atoms with van der Waals surface area (Å²) >= 11 is 0. The Morgan fingerprint density at radius 3 is 2.62 bits per heavy atom. The average Bonchev–Trinajstić information content (AvgIpc) is 3.40. The maximum atomic E-state index is 13.1. The predicted octanol–water partition coefficient (Wildman–Crippen LogP) is 1.85. The van der Waals surface area contributed by atoms with Gasteiger partial charge in [0.05, 0.1) is 5.56 Å². The van der Waals surface area contributed by atoms with E-state index < -0.39 is 10.0 Å². The first-order valence-corrected chi connectivity index (χ1v) is 10.6. The van der Waals surface area contributed by atoms with Gasteiger partial charge in [0.25, 0.3) is 5.91 Å². The third kappa shape index (κ3) is 2.88. The molecule has 9 nitrogen and oxygen atoms in total. The smallest absolute Gasteiger partial charge is 0.256 e. The summed E-state index contributed by atoms with van der Waals surface area (Å²) in [5.74, 6) is -0.109. The molecule has 5 rings (SSSR count). The lowest BCUT2D eigenvalue weighted by Crippen LogP contribution is -2.50. The van der Waals surface area contributed by atoms with Gasteiger partial charge in [-0.25, -0.2) is 13.0 Å². The van der Waals surface area contributed by atoms with Crippen LogP contribution in [0.2, 0.25) is 0 Å². The van der Waals surface area contributed by atoms with Crippen molar-refractivity contribution in [2.75, 3.05) is 26.2 Å². The van der Waals surface area contributed by atoms with Crippen molar-refractivity contribution in [3.8, 4) is 0 Å². The van der Waals surface area contributed by atoms with Gasteiger partial charge in [-0.15, -0.1) is 0 Å². The van der Waals surface area contributed by atoms with E-state index in [1.165, 1.54) is 10.4 Å². The van der Waals surface area contributed by atoms with E-state index in [-0.39, 0.29) is 29.4 Å². The van der Waals surface area contributed by atoms with Crippen molar-refractivity contribution in [3.63, 3.8) is 0 Å². The molecule has 1 N–H and O–H groups in total. The van der Waals surface area contributed by atoms with Crippen molar-refractivity contribution in [1.82, 2.24) is 24.5 Å². The lowest BCUT2D eigenvalue weighted by Gasteiger charge is -2.33. The molecule has 0 aliphatic carbocycles. The molecule has 0 saturated carbocycles. The number of carbonyl (C=O) groups excluding carboxylic acids is 1. The highest BCUT2D eigenvalue weighted by molar-refractivity contribution is 7.89. The van der Waals surface area contributed by atoms with Gasteiger partial charge in [-0.05, 0) is 28.5 Å². The summed E-state index contributed by atoms with van der Waals surface area (Å²) < 4.78 is 32.2. The SMILES string of the molecule is O=C(c1c[nH]c2ccccc12)N1CCN(S(=O)(=O)c2cccc3nonc23)CC1. The molecule has 1 saturated heterocycles. The number of sulfonamides is 1. The second-order valence-electron chi connectivity index (χ2n) is 6.83. The Hall–Kier alpha value is -3.24. The topological polar surface area (TPSA) is 112 Å². The summed E-state index contributed by atoms with van der Waals surface area (Å²) in [5, 5.41) is 8.29. The van der Waals surface area contributed by atoms with Gasteiger partial charge >= 0.3 is 0 Å². The lowest BCUT2D eigenvalue weighted by atomic mass is 10.1. The molecule has 1 fully saturated rings. The number of nitrogens with zero attached hydrogens (tertiary/aromatic N) is 4. The Balaban J connectivity index is 1.36. The fourth-order valence-electron chi connectivity index (χ4n) is 3.68. The van der Waals surface area contributed by atoms with E-state index in [2.05, 4.69) is 19.9 Å². The highest BCUT2D eigenvalue weighted by Crippen LogP contribution is 2.25. The fourth-order valence-corrected chi connectivity index (χ4v) is 5.24. The number of benzene rings is 2. The van der Waals surface area contributed by atoms with Crippen LogP contribution in [0.4, 0.5) is 0 Å². The van der Waals surface area contributed by atoms with E-state index in [0.29, 0.717) is 24.2 Å². The number of H-pyrrole nitrogens is 1. The van der Waals surface area contributed by atoms with Crippen molar-refractivity contribution in [3.05, 3.63) is 54.2 Å². The largest absolute Gasteiger partial charge is 0.360 e. The van der Waals surface area contributed by atoms with Crippen LogP contribution in [0.3, 0.4) is 0 Å². The zero-order chi connectivity index (χ0) is 20.0. The zero-order valence-corrected chi connectivity index (χ0v) is 16.1. The number of aromatic nitrogens is 3. The first-order valence-electron chi connectivity index (χ1n) is 9.12. The summed E-state index contributed by atoms with van der Waals surface area (Å²) in [5.41, 5.74) is 2.09. The molecule has 4 aromatic rings. The van der Waals surface area contributed by atoms with Crippen molar-refractivity contribution >= 4 is 37.9 Å². The first-order chi connectivity index (χ1) is 14.1. The molecule has 0 unspecified atom stereocenters. The van der Waals surface area contributed by atoms with Crippen LogP contribution in [-0.2, 0) is 10.0 Å². The van der Waals surface area contributed by atoms with E-state index in [0.717, 1.165) is 10.9 Å². The minimum atomic E-state index is -3.77. The van der Waals surface area contributed by atoms with Gasteiger partial charge in [0.2, 0.25) is 10.0 Å². The molecule has 0 atom stereocenters. The highest BCUT2D eigenvalue weighted by Gasteiger charge is 2.32. The van der Waals surface area contributed by atoms with E-state index in [1.807, 2.05) is 24.3 Å². The van der Waals surface area contributed by atoms with Gasteiger partial charge in [0, 0.05) is 43.3 Å². The van der Waals surface area contributed by atoms with Crippen LogP contribution in [0.1, 0.15) is 10.4 Å². The van der Waals surface area contributed by atoms with Gasteiger partial charge in [-0.1, -0.05) is 24.3 Å². The first kappa shape index (κ1) is 17.8. The van der Waals surface area contributed by atoms with Gasteiger partial charge in [-0.3, -0.25) is 4.79 Å². The number of aromatic amines is 1. The van der Waals surface area contributed by atoms with Gasteiger partial charge in [0.15, 0.2) is 5.52 Å². The van der Waals surface area contributed by atoms with E-state index in [4.69, 9.17) is 0 Å². The minimum Gasteiger partial charge on any atom is -0.360 e. The molecule has 3 heterocycles. The number of rotatable bonds is 3. The number of amides is 1. The third-order valence-electron chi connectivity index (χ3n) is 5.21. The van der Waals surface area contributed by atoms with Crippen LogP contribution in [0.5, 0.6) is 0 Å². The average molecular weight is 411 g/mol. The Bertz CT molecular complexity index is 1320. The highest BCUT2D eigenvalue weighted by atomic mass is 32.2. The molecule has 2 aromatic carbocycles. The Morgan fingerprint density at radius 1 is 1.00 bits per heavy atom. The van der Waals surface area contributed by atoms with Crippen molar-refractivity contribution in [2.24, 2.45) is 0 Å². The Labute approximate surface area is 165 Å². The van der Waals surface area contributed by atoms with Crippen LogP contribution in [0, 0.1) is 0 Å². The third-order valence-corrected chi connectivity index (χ3v) is 7.14. The molecule has 1 aliphatic rings. The maximum absolute atomic E-state index is 13.1.